The molecule has 5 heteroatoms. The third-order valence-corrected chi connectivity index (χ3v) is 3.36. The minimum Gasteiger partial charge on any atom is -0.465 e. The standard InChI is InChI=1S/C14H16O5/c1-16-14(15)9-2-3-12-10(6-9)7-13(19-12)18-11-4-5-17-8-11/h2-3,6,11,13H,4-5,7-8H2,1H3. The molecule has 2 unspecified atom stereocenters. The monoisotopic (exact) mass is 264 g/mol. The van der Waals surface area contributed by atoms with Crippen molar-refractivity contribution >= 4 is 5.97 Å². The van der Waals surface area contributed by atoms with E-state index in [-0.39, 0.29) is 18.4 Å². The Kier molecular flexibility index (Phi) is 3.40. The molecule has 0 bridgehead atoms. The Morgan fingerprint density at radius 2 is 2.32 bits per heavy atom. The zero-order valence-electron chi connectivity index (χ0n) is 10.8. The Labute approximate surface area is 111 Å². The van der Waals surface area contributed by atoms with Gasteiger partial charge in [0, 0.05) is 18.6 Å². The second-order valence-electron chi connectivity index (χ2n) is 4.69. The zero-order valence-corrected chi connectivity index (χ0v) is 10.8. The van der Waals surface area contributed by atoms with Crippen LogP contribution >= 0.6 is 0 Å². The molecule has 0 aliphatic carbocycles. The first-order chi connectivity index (χ1) is 9.26. The first-order valence-electron chi connectivity index (χ1n) is 6.37. The third kappa shape index (κ3) is 2.57. The van der Waals surface area contributed by atoms with Crippen LogP contribution in [0.4, 0.5) is 0 Å². The summed E-state index contributed by atoms with van der Waals surface area (Å²) >= 11 is 0. The summed E-state index contributed by atoms with van der Waals surface area (Å²) < 4.78 is 21.5. The third-order valence-electron chi connectivity index (χ3n) is 3.36. The molecule has 2 heterocycles. The first-order valence-corrected chi connectivity index (χ1v) is 6.37. The number of esters is 1. The van der Waals surface area contributed by atoms with E-state index in [1.54, 1.807) is 18.2 Å². The number of benzene rings is 1. The van der Waals surface area contributed by atoms with Crippen molar-refractivity contribution < 1.29 is 23.7 Å². The van der Waals surface area contributed by atoms with E-state index in [2.05, 4.69) is 0 Å². The summed E-state index contributed by atoms with van der Waals surface area (Å²) in [5.74, 6) is 0.438. The lowest BCUT2D eigenvalue weighted by molar-refractivity contribution is -0.106. The smallest absolute Gasteiger partial charge is 0.337 e. The summed E-state index contributed by atoms with van der Waals surface area (Å²) in [4.78, 5) is 11.5. The van der Waals surface area contributed by atoms with E-state index in [1.807, 2.05) is 0 Å². The number of hydrogen-bond acceptors (Lipinski definition) is 5. The molecule has 0 radical (unpaired) electrons. The van der Waals surface area contributed by atoms with Crippen molar-refractivity contribution in [2.45, 2.75) is 25.2 Å². The SMILES string of the molecule is COC(=O)c1ccc2c(c1)CC(OC1CCOC1)O2. The van der Waals surface area contributed by atoms with Gasteiger partial charge in [-0.05, 0) is 24.6 Å². The van der Waals surface area contributed by atoms with E-state index < -0.39 is 0 Å². The van der Waals surface area contributed by atoms with Crippen LogP contribution < -0.4 is 4.74 Å². The van der Waals surface area contributed by atoms with E-state index in [1.165, 1.54) is 7.11 Å². The van der Waals surface area contributed by atoms with Crippen LogP contribution in [0.15, 0.2) is 18.2 Å². The number of fused-ring (bicyclic) bond motifs is 1. The topological polar surface area (TPSA) is 54.0 Å². The number of rotatable bonds is 3. The normalized spacial score (nSPS) is 24.9. The van der Waals surface area contributed by atoms with Crippen molar-refractivity contribution in [3.8, 4) is 5.75 Å². The van der Waals surface area contributed by atoms with Gasteiger partial charge in [-0.3, -0.25) is 0 Å². The van der Waals surface area contributed by atoms with Crippen LogP contribution in [-0.2, 0) is 20.6 Å². The number of methoxy groups -OCH3 is 1. The van der Waals surface area contributed by atoms with Gasteiger partial charge in [-0.25, -0.2) is 4.79 Å². The van der Waals surface area contributed by atoms with Crippen LogP contribution in [0.2, 0.25) is 0 Å². The lowest BCUT2D eigenvalue weighted by Crippen LogP contribution is -2.25. The molecule has 1 saturated heterocycles. The highest BCUT2D eigenvalue weighted by atomic mass is 16.7. The van der Waals surface area contributed by atoms with Crippen molar-refractivity contribution in [2.75, 3.05) is 20.3 Å². The molecule has 0 N–H and O–H groups in total. The van der Waals surface area contributed by atoms with Gasteiger partial charge in [-0.2, -0.15) is 0 Å². The molecule has 0 saturated carbocycles. The quantitative estimate of drug-likeness (QED) is 0.775. The van der Waals surface area contributed by atoms with Gasteiger partial charge in [-0.1, -0.05) is 0 Å². The Morgan fingerprint density at radius 3 is 3.05 bits per heavy atom. The summed E-state index contributed by atoms with van der Waals surface area (Å²) in [5.41, 5.74) is 1.52. The Bertz CT molecular complexity index is 479. The summed E-state index contributed by atoms with van der Waals surface area (Å²) in [5, 5.41) is 0. The van der Waals surface area contributed by atoms with Gasteiger partial charge in [0.05, 0.1) is 25.4 Å². The van der Waals surface area contributed by atoms with Crippen LogP contribution in [0.5, 0.6) is 5.75 Å². The van der Waals surface area contributed by atoms with Gasteiger partial charge >= 0.3 is 5.97 Å². The molecule has 0 spiro atoms. The van der Waals surface area contributed by atoms with Crippen LogP contribution in [0.25, 0.3) is 0 Å². The van der Waals surface area contributed by atoms with E-state index in [0.717, 1.165) is 24.3 Å². The van der Waals surface area contributed by atoms with Crippen LogP contribution in [-0.4, -0.2) is 38.7 Å². The lowest BCUT2D eigenvalue weighted by atomic mass is 10.1. The highest BCUT2D eigenvalue weighted by Gasteiger charge is 2.28. The molecule has 102 valence electrons. The maximum atomic E-state index is 11.5. The molecule has 2 aliphatic heterocycles. The molecule has 0 amide bonds. The molecule has 1 aromatic rings. The number of carbonyl (C=O) groups excluding carboxylic acids is 1. The van der Waals surface area contributed by atoms with Crippen LogP contribution in [0.3, 0.4) is 0 Å². The highest BCUT2D eigenvalue weighted by molar-refractivity contribution is 5.89. The second kappa shape index (κ2) is 5.19. The average molecular weight is 264 g/mol. The minimum atomic E-state index is -0.337. The van der Waals surface area contributed by atoms with Crippen molar-refractivity contribution in [1.29, 1.82) is 0 Å². The molecule has 2 atom stereocenters. The van der Waals surface area contributed by atoms with Crippen molar-refractivity contribution in [3.05, 3.63) is 29.3 Å². The largest absolute Gasteiger partial charge is 0.465 e. The van der Waals surface area contributed by atoms with Crippen LogP contribution in [0, 0.1) is 0 Å². The maximum Gasteiger partial charge on any atom is 0.337 e. The summed E-state index contributed by atoms with van der Waals surface area (Å²) in [6, 6.07) is 5.29. The van der Waals surface area contributed by atoms with E-state index in [4.69, 9.17) is 18.9 Å². The Hall–Kier alpha value is -1.59. The fourth-order valence-corrected chi connectivity index (χ4v) is 2.37. The van der Waals surface area contributed by atoms with E-state index in [9.17, 15) is 4.79 Å². The van der Waals surface area contributed by atoms with Gasteiger partial charge in [0.2, 0.25) is 6.29 Å². The first kappa shape index (κ1) is 12.4. The maximum absolute atomic E-state index is 11.5. The van der Waals surface area contributed by atoms with Crippen molar-refractivity contribution in [2.24, 2.45) is 0 Å². The molecule has 1 aromatic carbocycles. The van der Waals surface area contributed by atoms with E-state index >= 15 is 0 Å². The molecule has 19 heavy (non-hydrogen) atoms. The lowest BCUT2D eigenvalue weighted by Gasteiger charge is -2.16. The van der Waals surface area contributed by atoms with Gasteiger partial charge in [0.15, 0.2) is 0 Å². The Balaban J connectivity index is 1.67. The Morgan fingerprint density at radius 1 is 1.42 bits per heavy atom. The minimum absolute atomic E-state index is 0.111. The van der Waals surface area contributed by atoms with Crippen molar-refractivity contribution in [3.63, 3.8) is 0 Å². The fourth-order valence-electron chi connectivity index (χ4n) is 2.37. The molecule has 5 nitrogen and oxygen atoms in total. The molecule has 2 aliphatic rings. The molecular formula is C14H16O5. The van der Waals surface area contributed by atoms with Gasteiger partial charge in [-0.15, -0.1) is 0 Å². The summed E-state index contributed by atoms with van der Waals surface area (Å²) in [6.45, 7) is 1.38. The number of carbonyl (C=O) groups is 1. The molecule has 3 rings (SSSR count). The number of ether oxygens (including phenoxy) is 4. The summed E-state index contributed by atoms with van der Waals surface area (Å²) in [6.07, 6.45) is 1.38. The average Bonchev–Trinajstić information content (AvgIpc) is 3.05. The van der Waals surface area contributed by atoms with Crippen LogP contribution in [0.1, 0.15) is 22.3 Å². The summed E-state index contributed by atoms with van der Waals surface area (Å²) in [7, 11) is 1.37. The van der Waals surface area contributed by atoms with Gasteiger partial charge in [0.25, 0.3) is 0 Å². The van der Waals surface area contributed by atoms with Gasteiger partial charge in [0.1, 0.15) is 5.75 Å². The molecular weight excluding hydrogens is 248 g/mol. The fraction of sp³-hybridized carbons (Fsp3) is 0.500. The second-order valence-corrected chi connectivity index (χ2v) is 4.69. The van der Waals surface area contributed by atoms with E-state index in [0.29, 0.717) is 18.6 Å². The molecule has 1 fully saturated rings. The van der Waals surface area contributed by atoms with Crippen molar-refractivity contribution in [1.82, 2.24) is 0 Å². The molecule has 0 aromatic heterocycles. The number of hydrogen-bond donors (Lipinski definition) is 0. The highest BCUT2D eigenvalue weighted by Crippen LogP contribution is 2.31. The van der Waals surface area contributed by atoms with Gasteiger partial charge < -0.3 is 18.9 Å². The predicted molar refractivity (Wildman–Crippen MR) is 66.2 cm³/mol. The predicted octanol–water partition coefficient (Wildman–Crippen LogP) is 1.54. The zero-order chi connectivity index (χ0) is 13.2.